The molecule has 1 aromatic carbocycles. The van der Waals surface area contributed by atoms with Crippen LogP contribution in [-0.2, 0) is 4.79 Å². The summed E-state index contributed by atoms with van der Waals surface area (Å²) in [5.41, 5.74) is 7.73. The van der Waals surface area contributed by atoms with Crippen molar-refractivity contribution in [3.8, 4) is 0 Å². The zero-order valence-electron chi connectivity index (χ0n) is 12.5. The predicted molar refractivity (Wildman–Crippen MR) is 83.8 cm³/mol. The quantitative estimate of drug-likeness (QED) is 0.859. The number of para-hydroxylation sites is 2. The zero-order valence-corrected chi connectivity index (χ0v) is 12.5. The highest BCUT2D eigenvalue weighted by Crippen LogP contribution is 2.25. The Bertz CT molecular complexity index is 455. The molecule has 1 saturated heterocycles. The lowest BCUT2D eigenvalue weighted by Crippen LogP contribution is -2.49. The summed E-state index contributed by atoms with van der Waals surface area (Å²) in [6.07, 6.45) is 3.48. The Morgan fingerprint density at radius 2 is 1.95 bits per heavy atom. The summed E-state index contributed by atoms with van der Waals surface area (Å²) in [5.74, 6) is 0.217. The van der Waals surface area contributed by atoms with Gasteiger partial charge < -0.3 is 15.5 Å². The van der Waals surface area contributed by atoms with Crippen molar-refractivity contribution in [3.05, 3.63) is 24.3 Å². The van der Waals surface area contributed by atoms with Gasteiger partial charge >= 0.3 is 0 Å². The lowest BCUT2D eigenvalue weighted by molar-refractivity contribution is -0.133. The van der Waals surface area contributed by atoms with Gasteiger partial charge in [0.25, 0.3) is 0 Å². The normalized spacial score (nSPS) is 16.8. The summed E-state index contributed by atoms with van der Waals surface area (Å²) in [6.45, 7) is 6.60. The van der Waals surface area contributed by atoms with Crippen molar-refractivity contribution in [2.75, 3.05) is 30.3 Å². The van der Waals surface area contributed by atoms with Gasteiger partial charge in [-0.3, -0.25) is 4.79 Å². The third-order valence-electron chi connectivity index (χ3n) is 4.08. The Labute approximate surface area is 121 Å². The SMILES string of the molecule is CCN(c1ccccc1N)C(C)C(=O)N1CCCCC1. The molecule has 1 atom stereocenters. The molecule has 0 bridgehead atoms. The third-order valence-corrected chi connectivity index (χ3v) is 4.08. The number of nitrogens with zero attached hydrogens (tertiary/aromatic N) is 2. The van der Waals surface area contributed by atoms with Crippen LogP contribution in [0.25, 0.3) is 0 Å². The predicted octanol–water partition coefficient (Wildman–Crippen LogP) is 2.50. The Balaban J connectivity index is 2.14. The van der Waals surface area contributed by atoms with Gasteiger partial charge in [-0.15, -0.1) is 0 Å². The molecular formula is C16H25N3O. The van der Waals surface area contributed by atoms with Gasteiger partial charge in [-0.1, -0.05) is 12.1 Å². The molecule has 0 radical (unpaired) electrons. The standard InChI is InChI=1S/C16H25N3O/c1-3-19(15-10-6-5-9-14(15)17)13(2)16(20)18-11-7-4-8-12-18/h5-6,9-10,13H,3-4,7-8,11-12,17H2,1-2H3. The number of hydrogen-bond acceptors (Lipinski definition) is 3. The number of likely N-dealkylation sites (N-methyl/N-ethyl adjacent to an activating group) is 1. The first-order valence-electron chi connectivity index (χ1n) is 7.55. The number of benzene rings is 1. The van der Waals surface area contributed by atoms with Crippen LogP contribution in [-0.4, -0.2) is 36.5 Å². The molecule has 4 heteroatoms. The number of nitrogens with two attached hydrogens (primary N) is 1. The van der Waals surface area contributed by atoms with Crippen molar-refractivity contribution in [2.24, 2.45) is 0 Å². The van der Waals surface area contributed by atoms with Crippen molar-refractivity contribution in [1.29, 1.82) is 0 Å². The van der Waals surface area contributed by atoms with E-state index in [1.807, 2.05) is 36.1 Å². The van der Waals surface area contributed by atoms with Crippen molar-refractivity contribution in [1.82, 2.24) is 4.90 Å². The number of anilines is 2. The van der Waals surface area contributed by atoms with Crippen LogP contribution < -0.4 is 10.6 Å². The van der Waals surface area contributed by atoms with E-state index in [1.165, 1.54) is 6.42 Å². The van der Waals surface area contributed by atoms with Crippen LogP contribution in [0.1, 0.15) is 33.1 Å². The summed E-state index contributed by atoms with van der Waals surface area (Å²) in [7, 11) is 0. The molecule has 0 aliphatic carbocycles. The molecule has 0 aromatic heterocycles. The van der Waals surface area contributed by atoms with E-state index >= 15 is 0 Å². The average molecular weight is 275 g/mol. The van der Waals surface area contributed by atoms with Gasteiger partial charge in [0, 0.05) is 19.6 Å². The van der Waals surface area contributed by atoms with E-state index in [2.05, 4.69) is 11.8 Å². The molecule has 1 amide bonds. The van der Waals surface area contributed by atoms with Gasteiger partial charge in [-0.05, 0) is 45.2 Å². The maximum Gasteiger partial charge on any atom is 0.244 e. The van der Waals surface area contributed by atoms with Gasteiger partial charge in [0.2, 0.25) is 5.91 Å². The molecule has 1 unspecified atom stereocenters. The van der Waals surface area contributed by atoms with Crippen LogP contribution in [0.2, 0.25) is 0 Å². The van der Waals surface area contributed by atoms with Crippen LogP contribution in [0.3, 0.4) is 0 Å². The highest BCUT2D eigenvalue weighted by atomic mass is 16.2. The number of piperidine rings is 1. The summed E-state index contributed by atoms with van der Waals surface area (Å²) < 4.78 is 0. The third kappa shape index (κ3) is 3.06. The van der Waals surface area contributed by atoms with E-state index in [4.69, 9.17) is 5.73 Å². The second-order valence-electron chi connectivity index (χ2n) is 5.41. The molecule has 1 fully saturated rings. The summed E-state index contributed by atoms with van der Waals surface area (Å²) >= 11 is 0. The van der Waals surface area contributed by atoms with E-state index in [0.29, 0.717) is 0 Å². The summed E-state index contributed by atoms with van der Waals surface area (Å²) in [5, 5.41) is 0. The van der Waals surface area contributed by atoms with Crippen molar-refractivity contribution < 1.29 is 4.79 Å². The first-order valence-corrected chi connectivity index (χ1v) is 7.55. The first kappa shape index (κ1) is 14.7. The minimum Gasteiger partial charge on any atom is -0.397 e. The van der Waals surface area contributed by atoms with Crippen LogP contribution in [0, 0.1) is 0 Å². The number of carbonyl (C=O) groups excluding carboxylic acids is 1. The van der Waals surface area contributed by atoms with Gasteiger partial charge in [-0.25, -0.2) is 0 Å². The van der Waals surface area contributed by atoms with Gasteiger partial charge in [0.15, 0.2) is 0 Å². The lowest BCUT2D eigenvalue weighted by atomic mass is 10.1. The molecule has 1 aromatic rings. The largest absolute Gasteiger partial charge is 0.397 e. The van der Waals surface area contributed by atoms with Crippen LogP contribution >= 0.6 is 0 Å². The second kappa shape index (κ2) is 6.64. The number of amides is 1. The molecular weight excluding hydrogens is 250 g/mol. The summed E-state index contributed by atoms with van der Waals surface area (Å²) in [4.78, 5) is 16.7. The molecule has 1 aliphatic heterocycles. The zero-order chi connectivity index (χ0) is 14.5. The second-order valence-corrected chi connectivity index (χ2v) is 5.41. The van der Waals surface area contributed by atoms with Crippen molar-refractivity contribution in [2.45, 2.75) is 39.2 Å². The fourth-order valence-electron chi connectivity index (χ4n) is 2.91. The minimum absolute atomic E-state index is 0.164. The highest BCUT2D eigenvalue weighted by molar-refractivity contribution is 5.86. The minimum atomic E-state index is -0.164. The molecule has 2 rings (SSSR count). The highest BCUT2D eigenvalue weighted by Gasteiger charge is 2.27. The number of rotatable bonds is 4. The topological polar surface area (TPSA) is 49.6 Å². The summed E-state index contributed by atoms with van der Waals surface area (Å²) in [6, 6.07) is 7.59. The Hall–Kier alpha value is -1.71. The molecule has 1 heterocycles. The molecule has 0 spiro atoms. The molecule has 110 valence electrons. The Kier molecular flexibility index (Phi) is 4.88. The molecule has 20 heavy (non-hydrogen) atoms. The molecule has 4 nitrogen and oxygen atoms in total. The van der Waals surface area contributed by atoms with E-state index in [0.717, 1.165) is 43.9 Å². The van der Waals surface area contributed by atoms with Gasteiger partial charge in [0.05, 0.1) is 11.4 Å². The lowest BCUT2D eigenvalue weighted by Gasteiger charge is -2.35. The number of likely N-dealkylation sites (tertiary alicyclic amines) is 1. The van der Waals surface area contributed by atoms with Crippen LogP contribution in [0.4, 0.5) is 11.4 Å². The number of nitrogen functional groups attached to an aromatic ring is 1. The van der Waals surface area contributed by atoms with Crippen molar-refractivity contribution in [3.63, 3.8) is 0 Å². The number of carbonyl (C=O) groups is 1. The maximum absolute atomic E-state index is 12.6. The van der Waals surface area contributed by atoms with Gasteiger partial charge in [-0.2, -0.15) is 0 Å². The van der Waals surface area contributed by atoms with E-state index in [9.17, 15) is 4.79 Å². The van der Waals surface area contributed by atoms with E-state index in [-0.39, 0.29) is 11.9 Å². The van der Waals surface area contributed by atoms with Gasteiger partial charge in [0.1, 0.15) is 6.04 Å². The maximum atomic E-state index is 12.6. The average Bonchev–Trinajstić information content (AvgIpc) is 2.50. The Morgan fingerprint density at radius 1 is 1.30 bits per heavy atom. The van der Waals surface area contributed by atoms with E-state index in [1.54, 1.807) is 0 Å². The monoisotopic (exact) mass is 275 g/mol. The molecule has 0 saturated carbocycles. The van der Waals surface area contributed by atoms with Crippen molar-refractivity contribution >= 4 is 17.3 Å². The van der Waals surface area contributed by atoms with E-state index < -0.39 is 0 Å². The number of hydrogen-bond donors (Lipinski definition) is 1. The Morgan fingerprint density at radius 3 is 2.55 bits per heavy atom. The fourth-order valence-corrected chi connectivity index (χ4v) is 2.91. The first-order chi connectivity index (χ1) is 9.65. The van der Waals surface area contributed by atoms with Crippen LogP contribution in [0.5, 0.6) is 0 Å². The smallest absolute Gasteiger partial charge is 0.244 e. The molecule has 2 N–H and O–H groups in total. The van der Waals surface area contributed by atoms with Crippen LogP contribution in [0.15, 0.2) is 24.3 Å². The molecule has 1 aliphatic rings. The fraction of sp³-hybridized carbons (Fsp3) is 0.562.